The Balaban J connectivity index is 1.93. The molecule has 0 unspecified atom stereocenters. The van der Waals surface area contributed by atoms with Crippen molar-refractivity contribution in [1.82, 2.24) is 4.98 Å². The van der Waals surface area contributed by atoms with Crippen LogP contribution in [0.25, 0.3) is 10.2 Å². The van der Waals surface area contributed by atoms with Gasteiger partial charge in [-0.1, -0.05) is 41.1 Å². The highest BCUT2D eigenvalue weighted by atomic mass is 35.5. The summed E-state index contributed by atoms with van der Waals surface area (Å²) in [4.78, 5) is 4.52. The SMILES string of the molecule is Cc1ccc(Nc2nc3ccccc3s2)cc1Cl. The van der Waals surface area contributed by atoms with E-state index in [9.17, 15) is 0 Å². The second kappa shape index (κ2) is 4.59. The predicted octanol–water partition coefficient (Wildman–Crippen LogP) is 5.00. The molecule has 1 N–H and O–H groups in total. The Morgan fingerprint density at radius 2 is 2.00 bits per heavy atom. The molecule has 0 aliphatic heterocycles. The Labute approximate surface area is 114 Å². The van der Waals surface area contributed by atoms with Crippen LogP contribution in [0.15, 0.2) is 42.5 Å². The molecular weight excluding hydrogens is 264 g/mol. The van der Waals surface area contributed by atoms with Gasteiger partial charge in [0.25, 0.3) is 0 Å². The van der Waals surface area contributed by atoms with Gasteiger partial charge < -0.3 is 5.32 Å². The number of aryl methyl sites for hydroxylation is 1. The minimum absolute atomic E-state index is 0.765. The summed E-state index contributed by atoms with van der Waals surface area (Å²) in [5.74, 6) is 0. The average Bonchev–Trinajstić information content (AvgIpc) is 2.76. The first-order chi connectivity index (χ1) is 8.72. The molecule has 1 heterocycles. The lowest BCUT2D eigenvalue weighted by Crippen LogP contribution is -1.89. The van der Waals surface area contributed by atoms with Crippen LogP contribution >= 0.6 is 22.9 Å². The van der Waals surface area contributed by atoms with Gasteiger partial charge in [0.05, 0.1) is 10.2 Å². The number of nitrogens with one attached hydrogen (secondary N) is 1. The molecule has 2 nitrogen and oxygen atoms in total. The molecular formula is C14H11ClN2S. The number of hydrogen-bond donors (Lipinski definition) is 1. The van der Waals surface area contributed by atoms with Crippen molar-refractivity contribution in [2.45, 2.75) is 6.92 Å². The molecule has 3 rings (SSSR count). The molecule has 4 heteroatoms. The highest BCUT2D eigenvalue weighted by Gasteiger charge is 2.04. The second-order valence-corrected chi connectivity index (χ2v) is 5.51. The fraction of sp³-hybridized carbons (Fsp3) is 0.0714. The largest absolute Gasteiger partial charge is 0.331 e. The van der Waals surface area contributed by atoms with Crippen LogP contribution in [0.3, 0.4) is 0 Å². The van der Waals surface area contributed by atoms with Crippen LogP contribution in [-0.4, -0.2) is 4.98 Å². The van der Waals surface area contributed by atoms with Gasteiger partial charge in [-0.3, -0.25) is 0 Å². The summed E-state index contributed by atoms with van der Waals surface area (Å²) >= 11 is 7.74. The van der Waals surface area contributed by atoms with Crippen molar-refractivity contribution in [2.75, 3.05) is 5.32 Å². The zero-order valence-corrected chi connectivity index (χ0v) is 11.3. The first-order valence-corrected chi connectivity index (χ1v) is 6.80. The van der Waals surface area contributed by atoms with E-state index in [1.807, 2.05) is 43.3 Å². The highest BCUT2D eigenvalue weighted by Crippen LogP contribution is 2.29. The fourth-order valence-electron chi connectivity index (χ4n) is 1.72. The first kappa shape index (κ1) is 11.5. The Bertz CT molecular complexity index is 673. The summed E-state index contributed by atoms with van der Waals surface area (Å²) in [7, 11) is 0. The second-order valence-electron chi connectivity index (χ2n) is 4.08. The molecule has 0 atom stereocenters. The number of nitrogens with zero attached hydrogens (tertiary/aromatic N) is 1. The quantitative estimate of drug-likeness (QED) is 0.711. The van der Waals surface area contributed by atoms with Crippen molar-refractivity contribution in [3.63, 3.8) is 0 Å². The first-order valence-electron chi connectivity index (χ1n) is 5.61. The van der Waals surface area contributed by atoms with Crippen molar-refractivity contribution in [1.29, 1.82) is 0 Å². The van der Waals surface area contributed by atoms with Gasteiger partial charge in [-0.15, -0.1) is 0 Å². The number of thiazole rings is 1. The van der Waals surface area contributed by atoms with Gasteiger partial charge >= 0.3 is 0 Å². The number of para-hydroxylation sites is 1. The molecule has 1 aromatic heterocycles. The fourth-order valence-corrected chi connectivity index (χ4v) is 2.79. The van der Waals surface area contributed by atoms with Crippen LogP contribution < -0.4 is 5.32 Å². The number of fused-ring (bicyclic) bond motifs is 1. The Hall–Kier alpha value is -1.58. The maximum Gasteiger partial charge on any atom is 0.188 e. The zero-order valence-electron chi connectivity index (χ0n) is 9.77. The van der Waals surface area contributed by atoms with E-state index >= 15 is 0 Å². The zero-order chi connectivity index (χ0) is 12.5. The predicted molar refractivity (Wildman–Crippen MR) is 79.1 cm³/mol. The minimum atomic E-state index is 0.765. The van der Waals surface area contributed by atoms with Crippen molar-refractivity contribution < 1.29 is 0 Å². The van der Waals surface area contributed by atoms with Crippen LogP contribution in [0.4, 0.5) is 10.8 Å². The highest BCUT2D eigenvalue weighted by molar-refractivity contribution is 7.22. The van der Waals surface area contributed by atoms with E-state index in [-0.39, 0.29) is 0 Å². The number of hydrogen-bond acceptors (Lipinski definition) is 3. The molecule has 0 saturated heterocycles. The molecule has 2 aromatic carbocycles. The van der Waals surface area contributed by atoms with Crippen molar-refractivity contribution in [3.05, 3.63) is 53.1 Å². The van der Waals surface area contributed by atoms with Gasteiger partial charge in [0.15, 0.2) is 5.13 Å². The van der Waals surface area contributed by atoms with Crippen molar-refractivity contribution in [3.8, 4) is 0 Å². The third-order valence-corrected chi connectivity index (χ3v) is 4.08. The maximum atomic E-state index is 6.10. The summed E-state index contributed by atoms with van der Waals surface area (Å²) < 4.78 is 1.18. The lowest BCUT2D eigenvalue weighted by Gasteiger charge is -2.04. The van der Waals surface area contributed by atoms with Gasteiger partial charge in [0, 0.05) is 10.7 Å². The van der Waals surface area contributed by atoms with Gasteiger partial charge in [0.2, 0.25) is 0 Å². The third-order valence-electron chi connectivity index (χ3n) is 2.72. The van der Waals surface area contributed by atoms with Gasteiger partial charge in [-0.2, -0.15) is 0 Å². The average molecular weight is 275 g/mol. The molecule has 0 aliphatic rings. The third kappa shape index (κ3) is 2.19. The molecule has 0 amide bonds. The van der Waals surface area contributed by atoms with Crippen LogP contribution in [0.1, 0.15) is 5.56 Å². The number of halogens is 1. The molecule has 0 radical (unpaired) electrons. The molecule has 90 valence electrons. The Morgan fingerprint density at radius 1 is 1.17 bits per heavy atom. The van der Waals surface area contributed by atoms with Crippen LogP contribution in [-0.2, 0) is 0 Å². The van der Waals surface area contributed by atoms with Crippen molar-refractivity contribution >= 4 is 44.0 Å². The van der Waals surface area contributed by atoms with E-state index in [2.05, 4.69) is 16.4 Å². The van der Waals surface area contributed by atoms with Gasteiger partial charge in [0.1, 0.15) is 0 Å². The summed E-state index contributed by atoms with van der Waals surface area (Å²) in [5, 5.41) is 4.93. The molecule has 0 aliphatic carbocycles. The van der Waals surface area contributed by atoms with Crippen LogP contribution in [0.2, 0.25) is 5.02 Å². The lowest BCUT2D eigenvalue weighted by atomic mass is 10.2. The molecule has 0 fully saturated rings. The summed E-state index contributed by atoms with van der Waals surface area (Å²) in [6, 6.07) is 14.0. The Kier molecular flexibility index (Phi) is 2.94. The normalized spacial score (nSPS) is 10.8. The monoisotopic (exact) mass is 274 g/mol. The summed E-state index contributed by atoms with van der Waals surface area (Å²) in [6.07, 6.45) is 0. The molecule has 0 saturated carbocycles. The van der Waals surface area contributed by atoms with E-state index in [4.69, 9.17) is 11.6 Å². The van der Waals surface area contributed by atoms with E-state index < -0.39 is 0 Å². The van der Waals surface area contributed by atoms with Gasteiger partial charge in [-0.25, -0.2) is 4.98 Å². The molecule has 18 heavy (non-hydrogen) atoms. The smallest absolute Gasteiger partial charge is 0.188 e. The Morgan fingerprint density at radius 3 is 2.78 bits per heavy atom. The maximum absolute atomic E-state index is 6.10. The van der Waals surface area contributed by atoms with Gasteiger partial charge in [-0.05, 0) is 36.8 Å². The van der Waals surface area contributed by atoms with Crippen LogP contribution in [0, 0.1) is 6.92 Å². The van der Waals surface area contributed by atoms with E-state index in [1.165, 1.54) is 4.70 Å². The molecule has 0 bridgehead atoms. The summed E-state index contributed by atoms with van der Waals surface area (Å²) in [5.41, 5.74) is 3.05. The minimum Gasteiger partial charge on any atom is -0.331 e. The number of anilines is 2. The standard InChI is InChI=1S/C14H11ClN2S/c1-9-6-7-10(8-11(9)15)16-14-17-12-4-2-3-5-13(12)18-14/h2-8H,1H3,(H,16,17). The lowest BCUT2D eigenvalue weighted by molar-refractivity contribution is 1.42. The summed E-state index contributed by atoms with van der Waals surface area (Å²) in [6.45, 7) is 1.99. The van der Waals surface area contributed by atoms with Crippen molar-refractivity contribution in [2.24, 2.45) is 0 Å². The molecule has 3 aromatic rings. The van der Waals surface area contributed by atoms with Crippen LogP contribution in [0.5, 0.6) is 0 Å². The number of rotatable bonds is 2. The van der Waals surface area contributed by atoms with E-state index in [0.717, 1.165) is 26.9 Å². The molecule has 0 spiro atoms. The number of aromatic nitrogens is 1. The number of benzene rings is 2. The topological polar surface area (TPSA) is 24.9 Å². The van der Waals surface area contributed by atoms with E-state index in [1.54, 1.807) is 11.3 Å². The van der Waals surface area contributed by atoms with E-state index in [0.29, 0.717) is 0 Å².